The van der Waals surface area contributed by atoms with E-state index in [-0.39, 0.29) is 0 Å². The van der Waals surface area contributed by atoms with Crippen LogP contribution in [-0.4, -0.2) is 20.2 Å². The number of hydrogen-bond acceptors (Lipinski definition) is 2. The van der Waals surface area contributed by atoms with Crippen molar-refractivity contribution in [3.8, 4) is 5.75 Å². The van der Waals surface area contributed by atoms with Gasteiger partial charge in [-0.1, -0.05) is 33.8 Å². The zero-order chi connectivity index (χ0) is 13.0. The van der Waals surface area contributed by atoms with Gasteiger partial charge >= 0.3 is 0 Å². The minimum Gasteiger partial charge on any atom is -0.490 e. The second-order valence-electron chi connectivity index (χ2n) is 4.61. The SMILES string of the molecule is CC.Cc1cc(C(C)C)cc2c1N(C)CCO2. The normalized spacial score (nSPS) is 13.7. The molecule has 0 saturated heterocycles. The number of anilines is 1. The molecule has 1 aliphatic rings. The third-order valence-electron chi connectivity index (χ3n) is 3.02. The minimum absolute atomic E-state index is 0.560. The molecule has 2 rings (SSSR count). The van der Waals surface area contributed by atoms with Crippen molar-refractivity contribution in [2.45, 2.75) is 40.5 Å². The second kappa shape index (κ2) is 5.95. The predicted octanol–water partition coefficient (Wildman–Crippen LogP) is 3.97. The molecule has 2 heteroatoms. The molecule has 1 heterocycles. The Morgan fingerprint density at radius 3 is 2.47 bits per heavy atom. The lowest BCUT2D eigenvalue weighted by Gasteiger charge is -2.30. The van der Waals surface area contributed by atoms with Crippen molar-refractivity contribution in [2.75, 3.05) is 25.1 Å². The van der Waals surface area contributed by atoms with E-state index in [1.807, 2.05) is 13.8 Å². The minimum atomic E-state index is 0.560. The topological polar surface area (TPSA) is 12.5 Å². The molecule has 0 fully saturated rings. The van der Waals surface area contributed by atoms with Gasteiger partial charge in [-0.25, -0.2) is 0 Å². The van der Waals surface area contributed by atoms with E-state index in [0.29, 0.717) is 5.92 Å². The number of aryl methyl sites for hydroxylation is 1. The van der Waals surface area contributed by atoms with Gasteiger partial charge in [0.25, 0.3) is 0 Å². The third-order valence-corrected chi connectivity index (χ3v) is 3.02. The summed E-state index contributed by atoms with van der Waals surface area (Å²) in [6.07, 6.45) is 0. The summed E-state index contributed by atoms with van der Waals surface area (Å²) in [5.41, 5.74) is 3.94. The molecule has 1 aromatic carbocycles. The molecular weight excluding hydrogens is 210 g/mol. The van der Waals surface area contributed by atoms with Gasteiger partial charge in [0.2, 0.25) is 0 Å². The highest BCUT2D eigenvalue weighted by Crippen LogP contribution is 2.36. The lowest BCUT2D eigenvalue weighted by molar-refractivity contribution is 0.310. The number of benzene rings is 1. The Morgan fingerprint density at radius 2 is 1.88 bits per heavy atom. The van der Waals surface area contributed by atoms with Crippen LogP contribution in [-0.2, 0) is 0 Å². The first-order chi connectivity index (χ1) is 8.09. The first-order valence-corrected chi connectivity index (χ1v) is 6.58. The Hall–Kier alpha value is -1.18. The third kappa shape index (κ3) is 2.93. The highest BCUT2D eigenvalue weighted by atomic mass is 16.5. The highest BCUT2D eigenvalue weighted by Gasteiger charge is 2.18. The lowest BCUT2D eigenvalue weighted by atomic mass is 9.98. The summed E-state index contributed by atoms with van der Waals surface area (Å²) >= 11 is 0. The molecule has 0 atom stereocenters. The molecule has 1 aliphatic heterocycles. The molecule has 17 heavy (non-hydrogen) atoms. The Labute approximate surface area is 106 Å². The fourth-order valence-electron chi connectivity index (χ4n) is 2.11. The van der Waals surface area contributed by atoms with Gasteiger partial charge < -0.3 is 9.64 Å². The van der Waals surface area contributed by atoms with E-state index in [4.69, 9.17) is 4.74 Å². The standard InChI is InChI=1S/C13H19NO.C2H6/c1-9(2)11-7-10(3)13-12(8-11)15-6-5-14(13)4;1-2/h7-9H,5-6H2,1-4H3;1-2H3. The van der Waals surface area contributed by atoms with Crippen molar-refractivity contribution < 1.29 is 4.74 Å². The van der Waals surface area contributed by atoms with Crippen LogP contribution >= 0.6 is 0 Å². The van der Waals surface area contributed by atoms with Crippen LogP contribution in [0.25, 0.3) is 0 Å². The second-order valence-corrected chi connectivity index (χ2v) is 4.61. The fourth-order valence-corrected chi connectivity index (χ4v) is 2.11. The molecule has 96 valence electrons. The lowest BCUT2D eigenvalue weighted by Crippen LogP contribution is -2.29. The zero-order valence-electron chi connectivity index (χ0n) is 12.0. The smallest absolute Gasteiger partial charge is 0.143 e. The van der Waals surface area contributed by atoms with Gasteiger partial charge in [0.05, 0.1) is 12.2 Å². The predicted molar refractivity (Wildman–Crippen MR) is 75.4 cm³/mol. The summed E-state index contributed by atoms with van der Waals surface area (Å²) in [6.45, 7) is 12.4. The molecule has 0 amide bonds. The van der Waals surface area contributed by atoms with Crippen LogP contribution in [0.1, 0.15) is 44.7 Å². The summed E-state index contributed by atoms with van der Waals surface area (Å²) in [7, 11) is 2.13. The Balaban J connectivity index is 0.000000686. The molecule has 1 aromatic rings. The van der Waals surface area contributed by atoms with E-state index >= 15 is 0 Å². The van der Waals surface area contributed by atoms with E-state index in [9.17, 15) is 0 Å². The van der Waals surface area contributed by atoms with Gasteiger partial charge in [-0.3, -0.25) is 0 Å². The Bertz CT molecular complexity index is 371. The maximum Gasteiger partial charge on any atom is 0.143 e. The zero-order valence-corrected chi connectivity index (χ0v) is 12.0. The van der Waals surface area contributed by atoms with Gasteiger partial charge in [0.15, 0.2) is 0 Å². The number of rotatable bonds is 1. The van der Waals surface area contributed by atoms with E-state index in [1.54, 1.807) is 0 Å². The molecule has 0 aromatic heterocycles. The van der Waals surface area contributed by atoms with Crippen molar-refractivity contribution >= 4 is 5.69 Å². The van der Waals surface area contributed by atoms with Crippen LogP contribution in [0.15, 0.2) is 12.1 Å². The van der Waals surface area contributed by atoms with E-state index in [0.717, 1.165) is 18.9 Å². The average Bonchev–Trinajstić information content (AvgIpc) is 2.31. The number of likely N-dealkylation sites (N-methyl/N-ethyl adjacent to an activating group) is 1. The molecular formula is C15H25NO. The Kier molecular flexibility index (Phi) is 4.86. The first-order valence-electron chi connectivity index (χ1n) is 6.58. The van der Waals surface area contributed by atoms with Crippen molar-refractivity contribution in [1.29, 1.82) is 0 Å². The van der Waals surface area contributed by atoms with E-state index < -0.39 is 0 Å². The van der Waals surface area contributed by atoms with Crippen LogP contribution in [0.5, 0.6) is 5.75 Å². The number of fused-ring (bicyclic) bond motifs is 1. The van der Waals surface area contributed by atoms with Crippen LogP contribution in [0.2, 0.25) is 0 Å². The van der Waals surface area contributed by atoms with Gasteiger partial charge in [0.1, 0.15) is 12.4 Å². The maximum atomic E-state index is 5.72. The fraction of sp³-hybridized carbons (Fsp3) is 0.600. The van der Waals surface area contributed by atoms with Crippen molar-refractivity contribution in [1.82, 2.24) is 0 Å². The summed E-state index contributed by atoms with van der Waals surface area (Å²) in [5, 5.41) is 0. The van der Waals surface area contributed by atoms with E-state index in [2.05, 4.69) is 44.9 Å². The van der Waals surface area contributed by atoms with Crippen molar-refractivity contribution in [3.05, 3.63) is 23.3 Å². The highest BCUT2D eigenvalue weighted by molar-refractivity contribution is 5.65. The van der Waals surface area contributed by atoms with Gasteiger partial charge in [-0.05, 0) is 30.0 Å². The number of hydrogen-bond donors (Lipinski definition) is 0. The summed E-state index contributed by atoms with van der Waals surface area (Å²) < 4.78 is 5.72. The summed E-state index contributed by atoms with van der Waals surface area (Å²) in [5.74, 6) is 1.61. The number of nitrogens with zero attached hydrogens (tertiary/aromatic N) is 1. The Morgan fingerprint density at radius 1 is 1.24 bits per heavy atom. The molecule has 0 unspecified atom stereocenters. The van der Waals surface area contributed by atoms with Gasteiger partial charge in [-0.15, -0.1) is 0 Å². The maximum absolute atomic E-state index is 5.72. The average molecular weight is 235 g/mol. The van der Waals surface area contributed by atoms with Crippen LogP contribution in [0.4, 0.5) is 5.69 Å². The van der Waals surface area contributed by atoms with E-state index in [1.165, 1.54) is 16.8 Å². The molecule has 0 aliphatic carbocycles. The van der Waals surface area contributed by atoms with Crippen LogP contribution in [0, 0.1) is 6.92 Å². The van der Waals surface area contributed by atoms with Crippen molar-refractivity contribution in [3.63, 3.8) is 0 Å². The molecule has 0 N–H and O–H groups in total. The summed E-state index contributed by atoms with van der Waals surface area (Å²) in [4.78, 5) is 2.28. The van der Waals surface area contributed by atoms with Gasteiger partial charge in [0, 0.05) is 7.05 Å². The summed E-state index contributed by atoms with van der Waals surface area (Å²) in [6, 6.07) is 4.46. The molecule has 0 bridgehead atoms. The monoisotopic (exact) mass is 235 g/mol. The van der Waals surface area contributed by atoms with Gasteiger partial charge in [-0.2, -0.15) is 0 Å². The molecule has 0 saturated carbocycles. The number of ether oxygens (including phenoxy) is 1. The molecule has 2 nitrogen and oxygen atoms in total. The van der Waals surface area contributed by atoms with Crippen molar-refractivity contribution in [2.24, 2.45) is 0 Å². The largest absolute Gasteiger partial charge is 0.490 e. The van der Waals surface area contributed by atoms with Crippen LogP contribution in [0.3, 0.4) is 0 Å². The van der Waals surface area contributed by atoms with Crippen LogP contribution < -0.4 is 9.64 Å². The molecule has 0 radical (unpaired) electrons. The molecule has 0 spiro atoms. The first kappa shape index (κ1) is 13.9. The quantitative estimate of drug-likeness (QED) is 0.730.